The van der Waals surface area contributed by atoms with Gasteiger partial charge in [0.05, 0.1) is 12.2 Å². The Morgan fingerprint density at radius 3 is 2.42 bits per heavy atom. The highest BCUT2D eigenvalue weighted by Gasteiger charge is 2.20. The van der Waals surface area contributed by atoms with E-state index in [0.717, 1.165) is 28.0 Å². The van der Waals surface area contributed by atoms with Crippen LogP contribution < -0.4 is 16.4 Å². The first kappa shape index (κ1) is 25.4. The fraction of sp³-hybridized carbons (Fsp3) is 0.207. The van der Waals surface area contributed by atoms with Crippen LogP contribution in [-0.4, -0.2) is 30.7 Å². The number of rotatable bonds is 7. The van der Waals surface area contributed by atoms with Crippen LogP contribution in [0.3, 0.4) is 0 Å². The first-order valence-corrected chi connectivity index (χ1v) is 12.2. The molecular formula is C29H29ClN4O2. The minimum Gasteiger partial charge on any atom is -0.343 e. The summed E-state index contributed by atoms with van der Waals surface area (Å²) in [5.74, 6) is -0.100. The van der Waals surface area contributed by atoms with Gasteiger partial charge in [-0.25, -0.2) is 4.99 Å². The van der Waals surface area contributed by atoms with Gasteiger partial charge in [-0.05, 0) is 47.0 Å². The van der Waals surface area contributed by atoms with Gasteiger partial charge in [0.2, 0.25) is 5.91 Å². The van der Waals surface area contributed by atoms with Crippen LogP contribution in [0.15, 0.2) is 83.9 Å². The summed E-state index contributed by atoms with van der Waals surface area (Å²) in [5.41, 5.74) is 10.9. The molecule has 0 spiro atoms. The maximum absolute atomic E-state index is 12.6. The van der Waals surface area contributed by atoms with E-state index in [9.17, 15) is 9.59 Å². The zero-order valence-corrected chi connectivity index (χ0v) is 21.1. The number of nitrogens with one attached hydrogen (secondary N) is 2. The number of carbonyl (C=O) groups excluding carboxylic acids is 2. The quantitative estimate of drug-likeness (QED) is 0.429. The maximum atomic E-state index is 12.6. The van der Waals surface area contributed by atoms with Crippen molar-refractivity contribution in [3.63, 3.8) is 0 Å². The summed E-state index contributed by atoms with van der Waals surface area (Å²) >= 11 is 6.14. The first-order valence-electron chi connectivity index (χ1n) is 11.8. The Balaban J connectivity index is 1.35. The van der Waals surface area contributed by atoms with Gasteiger partial charge in [0.1, 0.15) is 5.84 Å². The summed E-state index contributed by atoms with van der Waals surface area (Å²) < 4.78 is 0. The summed E-state index contributed by atoms with van der Waals surface area (Å²) in [6.45, 7) is 4.36. The van der Waals surface area contributed by atoms with E-state index in [2.05, 4.69) is 15.6 Å². The lowest BCUT2D eigenvalue weighted by molar-refractivity contribution is -0.118. The Hall–Kier alpha value is -3.74. The standard InChI is InChI=1S/C29H29ClN4O2/c1-29(2,18-31)23-10-4-9-22(15-23)28(36)32-17-27(35)34-26-13-12-25(33-26)21-8-3-6-19(14-21)20-7-5-11-24(30)16-20/h3-12,14-16H,13,17-18,31H2,1-2H3,(H,32,36)(H,33,34,35). The summed E-state index contributed by atoms with van der Waals surface area (Å²) in [5, 5.41) is 6.15. The van der Waals surface area contributed by atoms with Crippen LogP contribution in [0.25, 0.3) is 16.8 Å². The van der Waals surface area contributed by atoms with Gasteiger partial charge in [-0.15, -0.1) is 0 Å². The predicted molar refractivity (Wildman–Crippen MR) is 146 cm³/mol. The molecule has 0 saturated heterocycles. The third-order valence-corrected chi connectivity index (χ3v) is 6.41. The predicted octanol–water partition coefficient (Wildman–Crippen LogP) is 4.93. The largest absolute Gasteiger partial charge is 0.343 e. The summed E-state index contributed by atoms with van der Waals surface area (Å²) in [6.07, 6.45) is 2.47. The molecule has 4 N–H and O–H groups in total. The van der Waals surface area contributed by atoms with Gasteiger partial charge in [-0.1, -0.05) is 74.0 Å². The van der Waals surface area contributed by atoms with E-state index in [-0.39, 0.29) is 23.8 Å². The number of aliphatic imine (C=N–C) groups is 1. The second-order valence-electron chi connectivity index (χ2n) is 9.34. The molecule has 6 nitrogen and oxygen atoms in total. The zero-order valence-electron chi connectivity index (χ0n) is 20.3. The van der Waals surface area contributed by atoms with Gasteiger partial charge >= 0.3 is 0 Å². The molecule has 36 heavy (non-hydrogen) atoms. The maximum Gasteiger partial charge on any atom is 0.251 e. The number of hydrogen-bond acceptors (Lipinski definition) is 4. The number of hydrogen-bond donors (Lipinski definition) is 3. The Morgan fingerprint density at radius 2 is 1.67 bits per heavy atom. The fourth-order valence-corrected chi connectivity index (χ4v) is 4.07. The van der Waals surface area contributed by atoms with Crippen molar-refractivity contribution < 1.29 is 9.59 Å². The average molecular weight is 501 g/mol. The van der Waals surface area contributed by atoms with E-state index in [4.69, 9.17) is 17.3 Å². The second-order valence-corrected chi connectivity index (χ2v) is 9.78. The van der Waals surface area contributed by atoms with Crippen molar-refractivity contribution in [1.29, 1.82) is 0 Å². The van der Waals surface area contributed by atoms with E-state index in [1.165, 1.54) is 0 Å². The lowest BCUT2D eigenvalue weighted by Gasteiger charge is -2.23. The Morgan fingerprint density at radius 1 is 0.972 bits per heavy atom. The van der Waals surface area contributed by atoms with Crippen LogP contribution in [0, 0.1) is 0 Å². The highest BCUT2D eigenvalue weighted by molar-refractivity contribution is 6.30. The van der Waals surface area contributed by atoms with E-state index in [1.54, 1.807) is 6.07 Å². The van der Waals surface area contributed by atoms with Crippen LogP contribution >= 0.6 is 11.6 Å². The van der Waals surface area contributed by atoms with Gasteiger partial charge in [0, 0.05) is 34.5 Å². The molecule has 4 rings (SSSR count). The van der Waals surface area contributed by atoms with Gasteiger partial charge < -0.3 is 16.4 Å². The molecule has 0 aromatic heterocycles. The van der Waals surface area contributed by atoms with E-state index in [1.807, 2.05) is 86.7 Å². The molecule has 0 bridgehead atoms. The number of nitrogens with two attached hydrogens (primary N) is 1. The van der Waals surface area contributed by atoms with Crippen molar-refractivity contribution in [3.05, 3.63) is 101 Å². The van der Waals surface area contributed by atoms with Crippen molar-refractivity contribution >= 4 is 34.9 Å². The molecule has 184 valence electrons. The molecule has 1 heterocycles. The number of amidine groups is 1. The van der Waals surface area contributed by atoms with E-state index in [0.29, 0.717) is 29.4 Å². The Labute approximate surface area is 216 Å². The molecule has 1 aliphatic rings. The molecule has 3 aromatic carbocycles. The van der Waals surface area contributed by atoms with E-state index < -0.39 is 0 Å². The summed E-state index contributed by atoms with van der Waals surface area (Å²) in [4.78, 5) is 29.6. The first-order chi connectivity index (χ1) is 17.2. The van der Waals surface area contributed by atoms with Crippen LogP contribution in [0.1, 0.15) is 41.8 Å². The van der Waals surface area contributed by atoms with E-state index >= 15 is 0 Å². The van der Waals surface area contributed by atoms with Crippen molar-refractivity contribution in [2.24, 2.45) is 10.7 Å². The van der Waals surface area contributed by atoms with Crippen LogP contribution in [-0.2, 0) is 10.2 Å². The highest BCUT2D eigenvalue weighted by Crippen LogP contribution is 2.28. The van der Waals surface area contributed by atoms with Gasteiger partial charge in [0.25, 0.3) is 5.91 Å². The molecule has 2 amide bonds. The Bertz CT molecular complexity index is 1360. The molecule has 3 aromatic rings. The average Bonchev–Trinajstić information content (AvgIpc) is 3.36. The lowest BCUT2D eigenvalue weighted by atomic mass is 9.84. The lowest BCUT2D eigenvalue weighted by Crippen LogP contribution is -2.39. The van der Waals surface area contributed by atoms with Crippen molar-refractivity contribution in [3.8, 4) is 11.1 Å². The van der Waals surface area contributed by atoms with Gasteiger partial charge in [-0.2, -0.15) is 0 Å². The molecule has 1 aliphatic heterocycles. The SMILES string of the molecule is CC(C)(CN)c1cccc(C(=O)NCC(=O)NC2=NC(c3cccc(-c4cccc(Cl)c4)c3)=CC2)c1. The molecular weight excluding hydrogens is 472 g/mol. The number of benzene rings is 3. The highest BCUT2D eigenvalue weighted by atomic mass is 35.5. The van der Waals surface area contributed by atoms with Gasteiger partial charge in [-0.3, -0.25) is 9.59 Å². The van der Waals surface area contributed by atoms with Crippen LogP contribution in [0.5, 0.6) is 0 Å². The van der Waals surface area contributed by atoms with Crippen molar-refractivity contribution in [2.45, 2.75) is 25.7 Å². The fourth-order valence-electron chi connectivity index (χ4n) is 3.88. The number of amides is 2. The molecule has 0 saturated carbocycles. The van der Waals surface area contributed by atoms with Crippen LogP contribution in [0.4, 0.5) is 0 Å². The third-order valence-electron chi connectivity index (χ3n) is 6.17. The number of halogens is 1. The third kappa shape index (κ3) is 6.08. The van der Waals surface area contributed by atoms with Crippen LogP contribution in [0.2, 0.25) is 5.02 Å². The normalized spacial score (nSPS) is 13.1. The molecule has 0 unspecified atom stereocenters. The minimum atomic E-state index is -0.331. The summed E-state index contributed by atoms with van der Waals surface area (Å²) in [6, 6.07) is 23.0. The zero-order chi connectivity index (χ0) is 25.7. The Kier molecular flexibility index (Phi) is 7.67. The number of carbonyl (C=O) groups is 2. The topological polar surface area (TPSA) is 96.6 Å². The molecule has 0 fully saturated rings. The molecule has 0 radical (unpaired) electrons. The summed E-state index contributed by atoms with van der Waals surface area (Å²) in [7, 11) is 0. The second kappa shape index (κ2) is 10.9. The molecule has 0 aliphatic carbocycles. The van der Waals surface area contributed by atoms with Gasteiger partial charge in [0.15, 0.2) is 0 Å². The van der Waals surface area contributed by atoms with Crippen molar-refractivity contribution in [2.75, 3.05) is 13.1 Å². The van der Waals surface area contributed by atoms with Crippen molar-refractivity contribution in [1.82, 2.24) is 10.6 Å². The molecule has 0 atom stereocenters. The molecule has 7 heteroatoms. The minimum absolute atomic E-state index is 0.151. The number of nitrogens with zero attached hydrogens (tertiary/aromatic N) is 1. The monoisotopic (exact) mass is 500 g/mol. The smallest absolute Gasteiger partial charge is 0.251 e.